The van der Waals surface area contributed by atoms with Crippen molar-refractivity contribution < 1.29 is 9.59 Å². The molecule has 4 rings (SSSR count). The molecule has 0 radical (unpaired) electrons. The van der Waals surface area contributed by atoms with Gasteiger partial charge in [0.15, 0.2) is 0 Å². The fourth-order valence-electron chi connectivity index (χ4n) is 4.30. The summed E-state index contributed by atoms with van der Waals surface area (Å²) in [6, 6.07) is 6.12. The van der Waals surface area contributed by atoms with Crippen molar-refractivity contribution in [3.8, 4) is 0 Å². The van der Waals surface area contributed by atoms with Gasteiger partial charge >= 0.3 is 0 Å². The first-order valence-corrected chi connectivity index (χ1v) is 9.82. The average Bonchev–Trinajstić information content (AvgIpc) is 3.34. The fourth-order valence-corrected chi connectivity index (χ4v) is 4.47. The van der Waals surface area contributed by atoms with E-state index in [0.29, 0.717) is 30.6 Å². The summed E-state index contributed by atoms with van der Waals surface area (Å²) < 4.78 is 0. The predicted octanol–water partition coefficient (Wildman–Crippen LogP) is 3.27. The topological polar surface area (TPSA) is 65.2 Å². The van der Waals surface area contributed by atoms with E-state index in [1.165, 1.54) is 12.8 Å². The van der Waals surface area contributed by atoms with Crippen molar-refractivity contribution in [1.82, 2.24) is 15.2 Å². The molecule has 1 aromatic carbocycles. The summed E-state index contributed by atoms with van der Waals surface area (Å²) in [4.78, 5) is 29.9. The first kappa shape index (κ1) is 17.4. The molecule has 2 amide bonds. The molecule has 1 saturated heterocycles. The van der Waals surface area contributed by atoms with Gasteiger partial charge in [0.1, 0.15) is 0 Å². The van der Waals surface area contributed by atoms with Crippen molar-refractivity contribution in [2.24, 2.45) is 5.92 Å². The third-order valence-corrected chi connectivity index (χ3v) is 5.95. The molecule has 1 unspecified atom stereocenters. The Morgan fingerprint density at radius 3 is 2.92 bits per heavy atom. The lowest BCUT2D eigenvalue weighted by molar-refractivity contribution is -0.130. The number of likely N-dealkylation sites (tertiary alicyclic amines) is 1. The molecule has 2 N–H and O–H groups in total. The van der Waals surface area contributed by atoms with Gasteiger partial charge < -0.3 is 15.2 Å². The summed E-state index contributed by atoms with van der Waals surface area (Å²) in [6.07, 6.45) is 7.62. The number of aromatic nitrogens is 1. The van der Waals surface area contributed by atoms with E-state index in [2.05, 4.69) is 10.3 Å². The maximum atomic E-state index is 12.5. The largest absolute Gasteiger partial charge is 0.361 e. The standard InChI is InChI=1S/C20H24ClN3O2/c21-15-5-6-18-17(10-15)13(11-23-18)7-8-22-20(26)14-9-19(25)24(12-14)16-3-1-2-4-16/h5-6,10-11,14,16,23H,1-4,7-9,12H2,(H,22,26). The third-order valence-electron chi connectivity index (χ3n) is 5.72. The number of nitrogens with one attached hydrogen (secondary N) is 2. The number of carbonyl (C=O) groups is 2. The number of aromatic amines is 1. The lowest BCUT2D eigenvalue weighted by Crippen LogP contribution is -2.37. The molecule has 2 heterocycles. The zero-order valence-corrected chi connectivity index (χ0v) is 15.5. The molecule has 2 fully saturated rings. The highest BCUT2D eigenvalue weighted by Gasteiger charge is 2.38. The molecule has 1 aliphatic heterocycles. The second-order valence-electron chi connectivity index (χ2n) is 7.43. The molecule has 0 bridgehead atoms. The van der Waals surface area contributed by atoms with Gasteiger partial charge in [0.05, 0.1) is 5.92 Å². The number of hydrogen-bond acceptors (Lipinski definition) is 2. The van der Waals surface area contributed by atoms with Gasteiger partial charge in [0.2, 0.25) is 11.8 Å². The van der Waals surface area contributed by atoms with Crippen LogP contribution in [0.4, 0.5) is 0 Å². The first-order chi connectivity index (χ1) is 12.6. The van der Waals surface area contributed by atoms with Gasteiger partial charge in [-0.1, -0.05) is 24.4 Å². The number of fused-ring (bicyclic) bond motifs is 1. The number of benzene rings is 1. The molecule has 1 aliphatic carbocycles. The smallest absolute Gasteiger partial charge is 0.225 e. The summed E-state index contributed by atoms with van der Waals surface area (Å²) in [5, 5.41) is 4.81. The molecule has 2 aromatic rings. The third kappa shape index (κ3) is 3.45. The quantitative estimate of drug-likeness (QED) is 0.844. The van der Waals surface area contributed by atoms with E-state index in [1.807, 2.05) is 29.3 Å². The van der Waals surface area contributed by atoms with Gasteiger partial charge in [-0.3, -0.25) is 9.59 Å². The number of amides is 2. The van der Waals surface area contributed by atoms with Crippen molar-refractivity contribution in [2.45, 2.75) is 44.6 Å². The molecule has 0 spiro atoms. The fraction of sp³-hybridized carbons (Fsp3) is 0.500. The minimum absolute atomic E-state index is 0.00304. The lowest BCUT2D eigenvalue weighted by Gasteiger charge is -2.23. The normalized spacial score (nSPS) is 21.0. The van der Waals surface area contributed by atoms with E-state index in [9.17, 15) is 9.59 Å². The van der Waals surface area contributed by atoms with Crippen molar-refractivity contribution >= 4 is 34.3 Å². The van der Waals surface area contributed by atoms with Crippen molar-refractivity contribution in [3.63, 3.8) is 0 Å². The average molecular weight is 374 g/mol. The Morgan fingerprint density at radius 1 is 1.31 bits per heavy atom. The van der Waals surface area contributed by atoms with Crippen LogP contribution < -0.4 is 5.32 Å². The molecular weight excluding hydrogens is 350 g/mol. The Morgan fingerprint density at radius 2 is 2.12 bits per heavy atom. The van der Waals surface area contributed by atoms with Crippen molar-refractivity contribution in [2.75, 3.05) is 13.1 Å². The van der Waals surface area contributed by atoms with E-state index >= 15 is 0 Å². The van der Waals surface area contributed by atoms with Gasteiger partial charge in [-0.05, 0) is 43.0 Å². The van der Waals surface area contributed by atoms with Crippen LogP contribution in [0.2, 0.25) is 5.02 Å². The SMILES string of the molecule is O=C(NCCc1c[nH]c2ccc(Cl)cc12)C1CC(=O)N(C2CCCC2)C1. The van der Waals surface area contributed by atoms with Gasteiger partial charge in [-0.15, -0.1) is 0 Å². The number of H-pyrrole nitrogens is 1. The molecule has 138 valence electrons. The summed E-state index contributed by atoms with van der Waals surface area (Å²) in [5.41, 5.74) is 2.18. The monoisotopic (exact) mass is 373 g/mol. The van der Waals surface area contributed by atoms with E-state index in [-0.39, 0.29) is 17.7 Å². The maximum Gasteiger partial charge on any atom is 0.225 e. The molecular formula is C20H24ClN3O2. The van der Waals surface area contributed by atoms with Crippen LogP contribution in [0.25, 0.3) is 10.9 Å². The highest BCUT2D eigenvalue weighted by molar-refractivity contribution is 6.31. The van der Waals surface area contributed by atoms with Crippen LogP contribution in [0.1, 0.15) is 37.7 Å². The second-order valence-corrected chi connectivity index (χ2v) is 7.87. The highest BCUT2D eigenvalue weighted by Crippen LogP contribution is 2.29. The number of halogens is 1. The Hall–Kier alpha value is -2.01. The minimum Gasteiger partial charge on any atom is -0.361 e. The van der Waals surface area contributed by atoms with Gasteiger partial charge in [-0.2, -0.15) is 0 Å². The number of rotatable bonds is 5. The summed E-state index contributed by atoms with van der Waals surface area (Å²) in [7, 11) is 0. The predicted molar refractivity (Wildman–Crippen MR) is 102 cm³/mol. The Balaban J connectivity index is 1.31. The van der Waals surface area contributed by atoms with Gasteiger partial charge in [0.25, 0.3) is 0 Å². The maximum absolute atomic E-state index is 12.5. The van der Waals surface area contributed by atoms with Gasteiger partial charge in [-0.25, -0.2) is 0 Å². The molecule has 6 heteroatoms. The van der Waals surface area contributed by atoms with Crippen LogP contribution in [0.15, 0.2) is 24.4 Å². The van der Waals surface area contributed by atoms with Crippen LogP contribution in [0.3, 0.4) is 0 Å². The van der Waals surface area contributed by atoms with Crippen LogP contribution in [0.5, 0.6) is 0 Å². The number of nitrogens with zero attached hydrogens (tertiary/aromatic N) is 1. The number of carbonyl (C=O) groups excluding carboxylic acids is 2. The Bertz CT molecular complexity index is 826. The molecule has 5 nitrogen and oxygen atoms in total. The summed E-state index contributed by atoms with van der Waals surface area (Å²) in [5.74, 6) is -0.0689. The van der Waals surface area contributed by atoms with Crippen LogP contribution in [-0.4, -0.2) is 40.8 Å². The van der Waals surface area contributed by atoms with E-state index in [0.717, 1.165) is 35.7 Å². The van der Waals surface area contributed by atoms with Crippen LogP contribution >= 0.6 is 11.6 Å². The Kier molecular flexibility index (Phi) is 4.90. The highest BCUT2D eigenvalue weighted by atomic mass is 35.5. The molecule has 1 aromatic heterocycles. The first-order valence-electron chi connectivity index (χ1n) is 9.44. The molecule has 26 heavy (non-hydrogen) atoms. The molecule has 2 aliphatic rings. The summed E-state index contributed by atoms with van der Waals surface area (Å²) in [6.45, 7) is 1.14. The summed E-state index contributed by atoms with van der Waals surface area (Å²) >= 11 is 6.08. The van der Waals surface area contributed by atoms with E-state index in [4.69, 9.17) is 11.6 Å². The van der Waals surface area contributed by atoms with E-state index in [1.54, 1.807) is 0 Å². The number of hydrogen-bond donors (Lipinski definition) is 2. The van der Waals surface area contributed by atoms with Crippen molar-refractivity contribution in [1.29, 1.82) is 0 Å². The van der Waals surface area contributed by atoms with Crippen molar-refractivity contribution in [3.05, 3.63) is 35.0 Å². The lowest BCUT2D eigenvalue weighted by atomic mass is 10.1. The van der Waals surface area contributed by atoms with Gasteiger partial charge in [0, 0.05) is 47.7 Å². The zero-order chi connectivity index (χ0) is 18.1. The second kappa shape index (κ2) is 7.31. The zero-order valence-electron chi connectivity index (χ0n) is 14.8. The minimum atomic E-state index is -0.208. The molecule has 1 atom stereocenters. The van der Waals surface area contributed by atoms with Crippen LogP contribution in [0, 0.1) is 5.92 Å². The van der Waals surface area contributed by atoms with E-state index < -0.39 is 0 Å². The van der Waals surface area contributed by atoms with Crippen LogP contribution in [-0.2, 0) is 16.0 Å². The molecule has 1 saturated carbocycles. The Labute approximate surface area is 158 Å².